The van der Waals surface area contributed by atoms with Gasteiger partial charge >= 0.3 is 0 Å². The third kappa shape index (κ3) is 3.49. The third-order valence-corrected chi connectivity index (χ3v) is 3.76. The number of rotatable bonds is 5. The largest absolute Gasteiger partial charge is 0.487 e. The van der Waals surface area contributed by atoms with Gasteiger partial charge in [0.2, 0.25) is 0 Å². The maximum atomic E-state index is 13.6. The lowest BCUT2D eigenvalue weighted by molar-refractivity contribution is 0.108. The zero-order valence-electron chi connectivity index (χ0n) is 11.9. The Bertz CT molecular complexity index is 486. The Kier molecular flexibility index (Phi) is 4.97. The molecule has 0 saturated heterocycles. The zero-order valence-corrected chi connectivity index (χ0v) is 11.9. The molecule has 1 aliphatic carbocycles. The summed E-state index contributed by atoms with van der Waals surface area (Å²) in [6.45, 7) is 2.90. The summed E-state index contributed by atoms with van der Waals surface area (Å²) in [6.07, 6.45) is 4.11. The van der Waals surface area contributed by atoms with Crippen molar-refractivity contribution >= 4 is 0 Å². The molecule has 1 aromatic carbocycles. The normalized spacial score (nSPS) is 25.9. The van der Waals surface area contributed by atoms with E-state index < -0.39 is 5.54 Å². The number of ether oxygens (including phenoxy) is 1. The average molecular weight is 276 g/mol. The zero-order chi connectivity index (χ0) is 14.4. The molecule has 2 rings (SSSR count). The van der Waals surface area contributed by atoms with Crippen molar-refractivity contribution < 1.29 is 9.13 Å². The molecule has 1 fully saturated rings. The first kappa shape index (κ1) is 14.8. The van der Waals surface area contributed by atoms with Crippen LogP contribution in [-0.4, -0.2) is 18.2 Å². The highest BCUT2D eigenvalue weighted by Gasteiger charge is 2.37. The number of para-hydroxylation sites is 1. The smallest absolute Gasteiger partial charge is 0.165 e. The molecule has 2 atom stereocenters. The first-order chi connectivity index (χ1) is 9.69. The molecule has 0 radical (unpaired) electrons. The van der Waals surface area contributed by atoms with E-state index in [0.717, 1.165) is 32.2 Å². The van der Waals surface area contributed by atoms with Gasteiger partial charge in [-0.1, -0.05) is 19.1 Å². The molecule has 0 aromatic heterocycles. The molecule has 4 heteroatoms. The van der Waals surface area contributed by atoms with Gasteiger partial charge in [0.1, 0.15) is 11.6 Å². The van der Waals surface area contributed by atoms with E-state index in [1.807, 2.05) is 0 Å². The summed E-state index contributed by atoms with van der Waals surface area (Å²) in [5.74, 6) is -0.0659. The molecular weight excluding hydrogens is 255 g/mol. The number of benzene rings is 1. The van der Waals surface area contributed by atoms with Crippen molar-refractivity contribution in [2.75, 3.05) is 6.54 Å². The lowest BCUT2D eigenvalue weighted by Gasteiger charge is -2.36. The van der Waals surface area contributed by atoms with Crippen LogP contribution in [0.3, 0.4) is 0 Å². The van der Waals surface area contributed by atoms with Gasteiger partial charge in [-0.15, -0.1) is 0 Å². The van der Waals surface area contributed by atoms with E-state index in [1.165, 1.54) is 6.07 Å². The van der Waals surface area contributed by atoms with Crippen LogP contribution < -0.4 is 10.1 Å². The van der Waals surface area contributed by atoms with Gasteiger partial charge in [-0.25, -0.2) is 4.39 Å². The number of halogens is 1. The van der Waals surface area contributed by atoms with Crippen LogP contribution >= 0.6 is 0 Å². The summed E-state index contributed by atoms with van der Waals surface area (Å²) < 4.78 is 19.4. The topological polar surface area (TPSA) is 45.0 Å². The second kappa shape index (κ2) is 6.71. The van der Waals surface area contributed by atoms with Crippen LogP contribution in [-0.2, 0) is 0 Å². The van der Waals surface area contributed by atoms with Crippen LogP contribution in [0.4, 0.5) is 4.39 Å². The van der Waals surface area contributed by atoms with Crippen LogP contribution in [0.15, 0.2) is 24.3 Å². The van der Waals surface area contributed by atoms with Crippen LogP contribution in [0, 0.1) is 17.1 Å². The minimum Gasteiger partial charge on any atom is -0.487 e. The summed E-state index contributed by atoms with van der Waals surface area (Å²) in [5, 5.41) is 12.8. The Morgan fingerprint density at radius 3 is 3.00 bits per heavy atom. The second-order valence-electron chi connectivity index (χ2n) is 5.39. The van der Waals surface area contributed by atoms with Crippen molar-refractivity contribution in [2.45, 2.75) is 50.7 Å². The quantitative estimate of drug-likeness (QED) is 0.896. The number of nitrogens with zero attached hydrogens (tertiary/aromatic N) is 1. The molecule has 1 aliphatic rings. The predicted octanol–water partition coefficient (Wildman–Crippen LogP) is 3.41. The number of hydrogen-bond acceptors (Lipinski definition) is 3. The minimum absolute atomic E-state index is 0.107. The summed E-state index contributed by atoms with van der Waals surface area (Å²) in [5.41, 5.74) is -0.524. The Hall–Kier alpha value is -1.60. The molecule has 0 heterocycles. The van der Waals surface area contributed by atoms with Crippen LogP contribution in [0.2, 0.25) is 0 Å². The van der Waals surface area contributed by atoms with Gasteiger partial charge in [0.05, 0.1) is 6.07 Å². The van der Waals surface area contributed by atoms with Gasteiger partial charge in [0, 0.05) is 6.42 Å². The van der Waals surface area contributed by atoms with Crippen molar-refractivity contribution in [1.82, 2.24) is 5.32 Å². The van der Waals surface area contributed by atoms with Gasteiger partial charge in [-0.05, 0) is 44.4 Å². The maximum Gasteiger partial charge on any atom is 0.165 e. The highest BCUT2D eigenvalue weighted by Crippen LogP contribution is 2.31. The van der Waals surface area contributed by atoms with E-state index in [0.29, 0.717) is 6.42 Å². The summed E-state index contributed by atoms with van der Waals surface area (Å²) in [7, 11) is 0. The molecule has 0 spiro atoms. The van der Waals surface area contributed by atoms with E-state index in [1.54, 1.807) is 18.2 Å². The minimum atomic E-state index is -0.524. The lowest BCUT2D eigenvalue weighted by atomic mass is 9.81. The van der Waals surface area contributed by atoms with E-state index >= 15 is 0 Å². The fourth-order valence-electron chi connectivity index (χ4n) is 2.71. The van der Waals surface area contributed by atoms with Crippen molar-refractivity contribution in [3.63, 3.8) is 0 Å². The molecular formula is C16H21FN2O. The Morgan fingerprint density at radius 2 is 2.30 bits per heavy atom. The molecule has 20 heavy (non-hydrogen) atoms. The van der Waals surface area contributed by atoms with Gasteiger partial charge in [0.15, 0.2) is 11.6 Å². The van der Waals surface area contributed by atoms with E-state index in [-0.39, 0.29) is 17.7 Å². The first-order valence-electron chi connectivity index (χ1n) is 7.26. The van der Waals surface area contributed by atoms with Gasteiger partial charge in [-0.2, -0.15) is 5.26 Å². The molecule has 0 bridgehead atoms. The van der Waals surface area contributed by atoms with Gasteiger partial charge < -0.3 is 4.74 Å². The number of nitrogens with one attached hydrogen (secondary N) is 1. The molecule has 2 unspecified atom stereocenters. The standard InChI is InChI=1S/C16H21FN2O/c1-2-10-19-16(12-18)9-5-6-13(11-16)20-15-8-4-3-7-14(15)17/h3-4,7-8,13,19H,2,5-6,9-11H2,1H3. The molecule has 3 nitrogen and oxygen atoms in total. The first-order valence-corrected chi connectivity index (χ1v) is 7.26. The SMILES string of the molecule is CCCNC1(C#N)CCCC(Oc2ccccc2F)C1. The van der Waals surface area contributed by atoms with Crippen molar-refractivity contribution in [3.8, 4) is 11.8 Å². The van der Waals surface area contributed by atoms with Gasteiger partial charge in [-0.3, -0.25) is 5.32 Å². The molecule has 1 N–H and O–H groups in total. The number of nitriles is 1. The average Bonchev–Trinajstić information content (AvgIpc) is 2.48. The third-order valence-electron chi connectivity index (χ3n) is 3.76. The fraction of sp³-hybridized carbons (Fsp3) is 0.562. The van der Waals surface area contributed by atoms with E-state index in [4.69, 9.17) is 4.74 Å². The van der Waals surface area contributed by atoms with Crippen molar-refractivity contribution in [2.24, 2.45) is 0 Å². The summed E-state index contributed by atoms with van der Waals surface area (Å²) >= 11 is 0. The van der Waals surface area contributed by atoms with Crippen molar-refractivity contribution in [1.29, 1.82) is 5.26 Å². The van der Waals surface area contributed by atoms with E-state index in [9.17, 15) is 9.65 Å². The highest BCUT2D eigenvalue weighted by atomic mass is 19.1. The molecule has 108 valence electrons. The molecule has 1 saturated carbocycles. The second-order valence-corrected chi connectivity index (χ2v) is 5.39. The Morgan fingerprint density at radius 1 is 1.50 bits per heavy atom. The molecule has 1 aromatic rings. The Balaban J connectivity index is 2.03. The van der Waals surface area contributed by atoms with Crippen LogP contribution in [0.25, 0.3) is 0 Å². The lowest BCUT2D eigenvalue weighted by Crippen LogP contribution is -2.50. The maximum absolute atomic E-state index is 13.6. The Labute approximate surface area is 119 Å². The van der Waals surface area contributed by atoms with Crippen LogP contribution in [0.1, 0.15) is 39.0 Å². The number of hydrogen-bond donors (Lipinski definition) is 1. The summed E-state index contributed by atoms with van der Waals surface area (Å²) in [4.78, 5) is 0. The molecule has 0 aliphatic heterocycles. The molecule has 0 amide bonds. The van der Waals surface area contributed by atoms with Gasteiger partial charge in [0.25, 0.3) is 0 Å². The monoisotopic (exact) mass is 276 g/mol. The van der Waals surface area contributed by atoms with E-state index in [2.05, 4.69) is 18.3 Å². The predicted molar refractivity (Wildman–Crippen MR) is 75.9 cm³/mol. The van der Waals surface area contributed by atoms with Crippen LogP contribution in [0.5, 0.6) is 5.75 Å². The summed E-state index contributed by atoms with van der Waals surface area (Å²) in [6, 6.07) is 8.83. The van der Waals surface area contributed by atoms with Crippen molar-refractivity contribution in [3.05, 3.63) is 30.1 Å². The fourth-order valence-corrected chi connectivity index (χ4v) is 2.71. The highest BCUT2D eigenvalue weighted by molar-refractivity contribution is 5.24.